The number of aliphatic hydroxyl groups excluding tert-OH is 1. The summed E-state index contributed by atoms with van der Waals surface area (Å²) in [5.74, 6) is -0.564. The van der Waals surface area contributed by atoms with E-state index in [1.54, 1.807) is 0 Å². The van der Waals surface area contributed by atoms with Crippen LogP contribution in [0.3, 0.4) is 0 Å². The molecule has 0 amide bonds. The summed E-state index contributed by atoms with van der Waals surface area (Å²) in [6.07, 6.45) is 0. The number of phenolic OH excluding ortho intramolecular Hbond substituents is 1. The molecule has 3 N–H and O–H groups in total. The Kier molecular flexibility index (Phi) is 3.93. The number of aromatic hydroxyl groups is 1. The maximum Gasteiger partial charge on any atom is 0.131 e. The fourth-order valence-corrected chi connectivity index (χ4v) is 2.19. The van der Waals surface area contributed by atoms with E-state index in [9.17, 15) is 14.6 Å². The molecule has 1 aliphatic rings. The van der Waals surface area contributed by atoms with Gasteiger partial charge in [0, 0.05) is 37.8 Å². The minimum absolute atomic E-state index is 0.0942. The Morgan fingerprint density at radius 3 is 2.65 bits per heavy atom. The molecule has 2 rings (SSSR count). The first-order valence-electron chi connectivity index (χ1n) is 5.76. The Morgan fingerprint density at radius 2 is 2.06 bits per heavy atom. The van der Waals surface area contributed by atoms with Crippen molar-refractivity contribution >= 4 is 0 Å². The van der Waals surface area contributed by atoms with Gasteiger partial charge in [0.25, 0.3) is 0 Å². The van der Waals surface area contributed by atoms with E-state index in [1.807, 2.05) is 4.90 Å². The summed E-state index contributed by atoms with van der Waals surface area (Å²) >= 11 is 0. The van der Waals surface area contributed by atoms with Gasteiger partial charge in [-0.2, -0.15) is 0 Å². The minimum atomic E-state index is -0.470. The summed E-state index contributed by atoms with van der Waals surface area (Å²) < 4.78 is 13.7. The monoisotopic (exact) mass is 240 g/mol. The molecule has 0 saturated carbocycles. The van der Waals surface area contributed by atoms with Gasteiger partial charge in [0.05, 0.1) is 12.6 Å². The number of benzene rings is 1. The van der Waals surface area contributed by atoms with E-state index in [2.05, 4.69) is 5.32 Å². The predicted octanol–water partition coefficient (Wildman–Crippen LogP) is 0.470. The first-order chi connectivity index (χ1) is 8.22. The molecule has 17 heavy (non-hydrogen) atoms. The molecule has 0 aliphatic carbocycles. The van der Waals surface area contributed by atoms with Crippen LogP contribution in [-0.2, 0) is 0 Å². The highest BCUT2D eigenvalue weighted by atomic mass is 19.1. The van der Waals surface area contributed by atoms with Gasteiger partial charge in [-0.3, -0.25) is 4.90 Å². The van der Waals surface area contributed by atoms with Gasteiger partial charge in [0.2, 0.25) is 0 Å². The molecule has 1 saturated heterocycles. The van der Waals surface area contributed by atoms with Crippen molar-refractivity contribution in [2.24, 2.45) is 0 Å². The largest absolute Gasteiger partial charge is 0.508 e. The lowest BCUT2D eigenvalue weighted by Crippen LogP contribution is -2.46. The fourth-order valence-electron chi connectivity index (χ4n) is 2.19. The SMILES string of the molecule is OC[C@@H](c1ccc(O)cc1F)N1CCNCC1. The van der Waals surface area contributed by atoms with Gasteiger partial charge in [0.1, 0.15) is 11.6 Å². The van der Waals surface area contributed by atoms with E-state index in [0.717, 1.165) is 32.2 Å². The Balaban J connectivity index is 2.21. The Bertz CT molecular complexity index is 381. The molecule has 0 unspecified atom stereocenters. The normalized spacial score (nSPS) is 19.2. The van der Waals surface area contributed by atoms with Crippen molar-refractivity contribution in [1.82, 2.24) is 10.2 Å². The summed E-state index contributed by atoms with van der Waals surface area (Å²) in [5, 5.41) is 21.8. The van der Waals surface area contributed by atoms with Crippen LogP contribution in [0, 0.1) is 5.82 Å². The van der Waals surface area contributed by atoms with Crippen LogP contribution in [-0.4, -0.2) is 47.9 Å². The molecule has 0 spiro atoms. The van der Waals surface area contributed by atoms with Crippen LogP contribution in [0.15, 0.2) is 18.2 Å². The number of aliphatic hydroxyl groups is 1. The average molecular weight is 240 g/mol. The summed E-state index contributed by atoms with van der Waals surface area (Å²) in [4.78, 5) is 2.05. The first-order valence-corrected chi connectivity index (χ1v) is 5.76. The van der Waals surface area contributed by atoms with Crippen molar-refractivity contribution in [1.29, 1.82) is 0 Å². The van der Waals surface area contributed by atoms with E-state index in [0.29, 0.717) is 5.56 Å². The Labute approximate surface area is 99.7 Å². The fraction of sp³-hybridized carbons (Fsp3) is 0.500. The smallest absolute Gasteiger partial charge is 0.131 e. The zero-order valence-corrected chi connectivity index (χ0v) is 9.56. The molecule has 5 heteroatoms. The lowest BCUT2D eigenvalue weighted by Gasteiger charge is -2.34. The Hall–Kier alpha value is -1.17. The van der Waals surface area contributed by atoms with Crippen molar-refractivity contribution < 1.29 is 14.6 Å². The summed E-state index contributed by atoms with van der Waals surface area (Å²) in [6, 6.07) is 3.73. The zero-order chi connectivity index (χ0) is 12.3. The molecule has 94 valence electrons. The number of hydrogen-bond acceptors (Lipinski definition) is 4. The van der Waals surface area contributed by atoms with Crippen LogP contribution in [0.2, 0.25) is 0 Å². The zero-order valence-electron chi connectivity index (χ0n) is 9.56. The lowest BCUT2D eigenvalue weighted by atomic mass is 10.0. The van der Waals surface area contributed by atoms with Gasteiger partial charge < -0.3 is 15.5 Å². The molecule has 1 atom stereocenters. The second-order valence-electron chi connectivity index (χ2n) is 4.19. The van der Waals surface area contributed by atoms with Gasteiger partial charge in [-0.05, 0) is 6.07 Å². The molecule has 0 aromatic heterocycles. The van der Waals surface area contributed by atoms with Crippen LogP contribution in [0.4, 0.5) is 4.39 Å². The lowest BCUT2D eigenvalue weighted by molar-refractivity contribution is 0.108. The number of piperazine rings is 1. The molecule has 1 heterocycles. The van der Waals surface area contributed by atoms with E-state index in [4.69, 9.17) is 0 Å². The third-order valence-electron chi connectivity index (χ3n) is 3.11. The number of hydrogen-bond donors (Lipinski definition) is 3. The van der Waals surface area contributed by atoms with Crippen LogP contribution >= 0.6 is 0 Å². The van der Waals surface area contributed by atoms with Crippen molar-refractivity contribution in [3.63, 3.8) is 0 Å². The minimum Gasteiger partial charge on any atom is -0.508 e. The summed E-state index contributed by atoms with van der Waals surface area (Å²) in [6.45, 7) is 3.13. The van der Waals surface area contributed by atoms with Crippen molar-refractivity contribution in [2.45, 2.75) is 6.04 Å². The molecular weight excluding hydrogens is 223 g/mol. The van der Waals surface area contributed by atoms with Crippen LogP contribution in [0.5, 0.6) is 5.75 Å². The highest BCUT2D eigenvalue weighted by molar-refractivity contribution is 5.30. The Morgan fingerprint density at radius 1 is 1.35 bits per heavy atom. The number of nitrogens with one attached hydrogen (secondary N) is 1. The first kappa shape index (κ1) is 12.3. The highest BCUT2D eigenvalue weighted by Crippen LogP contribution is 2.25. The van der Waals surface area contributed by atoms with E-state index < -0.39 is 5.82 Å². The van der Waals surface area contributed by atoms with Gasteiger partial charge >= 0.3 is 0 Å². The van der Waals surface area contributed by atoms with E-state index in [-0.39, 0.29) is 18.4 Å². The maximum atomic E-state index is 13.7. The van der Waals surface area contributed by atoms with E-state index in [1.165, 1.54) is 12.1 Å². The number of nitrogens with zero attached hydrogens (tertiary/aromatic N) is 1. The quantitative estimate of drug-likeness (QED) is 0.719. The van der Waals surface area contributed by atoms with E-state index >= 15 is 0 Å². The van der Waals surface area contributed by atoms with Gasteiger partial charge in [-0.25, -0.2) is 4.39 Å². The molecule has 4 nitrogen and oxygen atoms in total. The molecular formula is C12H17FN2O2. The molecule has 0 bridgehead atoms. The number of rotatable bonds is 3. The van der Waals surface area contributed by atoms with Crippen LogP contribution in [0.1, 0.15) is 11.6 Å². The average Bonchev–Trinajstić information content (AvgIpc) is 2.34. The molecule has 1 aliphatic heterocycles. The molecule has 1 aromatic carbocycles. The topological polar surface area (TPSA) is 55.7 Å². The molecule has 1 aromatic rings. The van der Waals surface area contributed by atoms with Crippen LogP contribution < -0.4 is 5.32 Å². The number of halogens is 1. The van der Waals surface area contributed by atoms with Crippen LogP contribution in [0.25, 0.3) is 0 Å². The third kappa shape index (κ3) is 2.74. The summed E-state index contributed by atoms with van der Waals surface area (Å²) in [5.41, 5.74) is 0.437. The predicted molar refractivity (Wildman–Crippen MR) is 62.3 cm³/mol. The maximum absolute atomic E-state index is 13.7. The third-order valence-corrected chi connectivity index (χ3v) is 3.11. The van der Waals surface area contributed by atoms with Crippen molar-refractivity contribution in [3.8, 4) is 5.75 Å². The number of phenols is 1. The van der Waals surface area contributed by atoms with Gasteiger partial charge in [-0.1, -0.05) is 6.07 Å². The van der Waals surface area contributed by atoms with Gasteiger partial charge in [0.15, 0.2) is 0 Å². The molecule has 0 radical (unpaired) electrons. The standard InChI is InChI=1S/C12H17FN2O2/c13-11-7-9(17)1-2-10(11)12(8-16)15-5-3-14-4-6-15/h1-2,7,12,14,16-17H,3-6,8H2/t12-/m0/s1. The van der Waals surface area contributed by atoms with Crippen molar-refractivity contribution in [3.05, 3.63) is 29.6 Å². The second kappa shape index (κ2) is 5.44. The molecule has 1 fully saturated rings. The van der Waals surface area contributed by atoms with Gasteiger partial charge in [-0.15, -0.1) is 0 Å². The highest BCUT2D eigenvalue weighted by Gasteiger charge is 2.23. The second-order valence-corrected chi connectivity index (χ2v) is 4.19. The summed E-state index contributed by atoms with van der Waals surface area (Å²) in [7, 11) is 0. The van der Waals surface area contributed by atoms with Crippen molar-refractivity contribution in [2.75, 3.05) is 32.8 Å².